The molecule has 70 valence electrons. The summed E-state index contributed by atoms with van der Waals surface area (Å²) in [5, 5.41) is 0.299. The van der Waals surface area contributed by atoms with Gasteiger partial charge in [-0.2, -0.15) is 12.6 Å². The molecular weight excluding hydrogens is 180 g/mol. The number of hydrogen-bond acceptors (Lipinski definition) is 3. The van der Waals surface area contributed by atoms with Crippen LogP contribution in [0.4, 0.5) is 0 Å². The predicted octanol–water partition coefficient (Wildman–Crippen LogP) is 1.76. The molecule has 0 rings (SSSR count). The van der Waals surface area contributed by atoms with Gasteiger partial charge in [-0.15, -0.1) is 0 Å². The van der Waals surface area contributed by atoms with Crippen molar-refractivity contribution < 1.29 is 8.42 Å². The molecule has 0 aromatic rings. The van der Waals surface area contributed by atoms with Gasteiger partial charge in [-0.3, -0.25) is 0 Å². The van der Waals surface area contributed by atoms with Crippen LogP contribution >= 0.6 is 12.6 Å². The maximum atomic E-state index is 10.3. The lowest BCUT2D eigenvalue weighted by Crippen LogP contribution is -2.10. The predicted molar refractivity (Wildman–Crippen MR) is 54.1 cm³/mol. The topological polar surface area (TPSA) is 34.1 Å². The Morgan fingerprint density at radius 2 is 1.18 bits per heavy atom. The third-order valence-electron chi connectivity index (χ3n) is 0.856. The van der Waals surface area contributed by atoms with Gasteiger partial charge in [-0.1, -0.05) is 13.8 Å². The summed E-state index contributed by atoms with van der Waals surface area (Å²) in [6.07, 6.45) is 1.23. The second kappa shape index (κ2) is 5.89. The van der Waals surface area contributed by atoms with Crippen molar-refractivity contribution in [2.75, 3.05) is 6.26 Å². The Balaban J connectivity index is 0. The van der Waals surface area contributed by atoms with Crippen LogP contribution in [0, 0.1) is 0 Å². The van der Waals surface area contributed by atoms with E-state index in [1.54, 1.807) is 13.8 Å². The highest BCUT2D eigenvalue weighted by atomic mass is 32.2. The third-order valence-corrected chi connectivity index (χ3v) is 2.57. The van der Waals surface area contributed by atoms with Crippen molar-refractivity contribution >= 4 is 22.5 Å². The highest BCUT2D eigenvalue weighted by Crippen LogP contribution is 1.92. The first-order chi connectivity index (χ1) is 4.68. The van der Waals surface area contributed by atoms with E-state index in [0.29, 0.717) is 5.25 Å². The quantitative estimate of drug-likeness (QED) is 0.652. The average Bonchev–Trinajstić information content (AvgIpc) is 1.59. The van der Waals surface area contributed by atoms with Crippen molar-refractivity contribution in [3.05, 3.63) is 0 Å². The lowest BCUT2D eigenvalue weighted by molar-refractivity contribution is 0.593. The van der Waals surface area contributed by atoms with Gasteiger partial charge in [-0.25, -0.2) is 8.42 Å². The van der Waals surface area contributed by atoms with Crippen LogP contribution in [0.15, 0.2) is 0 Å². The summed E-state index contributed by atoms with van der Waals surface area (Å²) in [6, 6.07) is 0. The molecule has 11 heavy (non-hydrogen) atoms. The minimum absolute atomic E-state index is 0.229. The van der Waals surface area contributed by atoms with Crippen LogP contribution in [0.1, 0.15) is 27.7 Å². The normalized spacial score (nSPS) is 11.3. The van der Waals surface area contributed by atoms with Gasteiger partial charge in [0.2, 0.25) is 0 Å². The van der Waals surface area contributed by atoms with Crippen LogP contribution in [0.25, 0.3) is 0 Å². The summed E-state index contributed by atoms with van der Waals surface area (Å²) >= 11 is 3.97. The minimum Gasteiger partial charge on any atom is -0.229 e. The zero-order valence-corrected chi connectivity index (χ0v) is 9.54. The number of rotatable bonds is 1. The SMILES string of the molecule is CC(C)S.CC(C)S(C)(=O)=O. The van der Waals surface area contributed by atoms with Crippen LogP contribution in [0.5, 0.6) is 0 Å². The first-order valence-corrected chi connectivity index (χ1v) is 6.02. The van der Waals surface area contributed by atoms with Gasteiger partial charge in [0, 0.05) is 6.26 Å². The molecule has 0 radical (unpaired) electrons. The van der Waals surface area contributed by atoms with E-state index in [1.807, 2.05) is 13.8 Å². The second-order valence-electron chi connectivity index (χ2n) is 2.97. The van der Waals surface area contributed by atoms with Crippen LogP contribution in [0.3, 0.4) is 0 Å². The summed E-state index contributed by atoms with van der Waals surface area (Å²) in [7, 11) is -2.74. The molecule has 0 amide bonds. The van der Waals surface area contributed by atoms with E-state index in [9.17, 15) is 8.42 Å². The van der Waals surface area contributed by atoms with Crippen molar-refractivity contribution in [1.29, 1.82) is 0 Å². The van der Waals surface area contributed by atoms with E-state index in [1.165, 1.54) is 6.26 Å². The number of thiol groups is 1. The molecule has 0 bridgehead atoms. The molecule has 0 atom stereocenters. The standard InChI is InChI=1S/C4H10O2S.C3H8S/c1-4(2)7(3,5)6;1-3(2)4/h4H,1-3H3;3-4H,1-2H3. The van der Waals surface area contributed by atoms with Crippen LogP contribution < -0.4 is 0 Å². The van der Waals surface area contributed by atoms with Gasteiger partial charge in [0.1, 0.15) is 9.84 Å². The molecule has 0 aromatic heterocycles. The maximum absolute atomic E-state index is 10.3. The van der Waals surface area contributed by atoms with Crippen molar-refractivity contribution in [3.63, 3.8) is 0 Å². The smallest absolute Gasteiger partial charge is 0.149 e. The fourth-order valence-corrected chi connectivity index (χ4v) is 0. The van der Waals surface area contributed by atoms with Crippen molar-refractivity contribution in [2.24, 2.45) is 0 Å². The van der Waals surface area contributed by atoms with Crippen LogP contribution in [-0.2, 0) is 9.84 Å². The van der Waals surface area contributed by atoms with Gasteiger partial charge < -0.3 is 0 Å². The molecule has 0 aliphatic heterocycles. The molecule has 0 aromatic carbocycles. The van der Waals surface area contributed by atoms with Crippen molar-refractivity contribution in [3.8, 4) is 0 Å². The minimum atomic E-state index is -2.74. The Morgan fingerprint density at radius 3 is 1.18 bits per heavy atom. The monoisotopic (exact) mass is 198 g/mol. The highest BCUT2D eigenvalue weighted by molar-refractivity contribution is 7.91. The second-order valence-corrected chi connectivity index (χ2v) is 6.61. The van der Waals surface area contributed by atoms with E-state index in [0.717, 1.165) is 0 Å². The van der Waals surface area contributed by atoms with Gasteiger partial charge in [0.05, 0.1) is 5.25 Å². The maximum Gasteiger partial charge on any atom is 0.149 e. The number of hydrogen-bond donors (Lipinski definition) is 1. The lowest BCUT2D eigenvalue weighted by Gasteiger charge is -1.96. The van der Waals surface area contributed by atoms with Gasteiger partial charge >= 0.3 is 0 Å². The molecule has 4 heteroatoms. The van der Waals surface area contributed by atoms with Crippen LogP contribution in [0.2, 0.25) is 0 Å². The van der Waals surface area contributed by atoms with Gasteiger partial charge in [-0.05, 0) is 19.1 Å². The molecule has 2 nitrogen and oxygen atoms in total. The summed E-state index contributed by atoms with van der Waals surface area (Å²) in [5.74, 6) is 0. The fourth-order valence-electron chi connectivity index (χ4n) is 0. The van der Waals surface area contributed by atoms with Crippen molar-refractivity contribution in [1.82, 2.24) is 0 Å². The molecule has 0 unspecified atom stereocenters. The molecule has 0 fully saturated rings. The van der Waals surface area contributed by atoms with E-state index >= 15 is 0 Å². The summed E-state index contributed by atoms with van der Waals surface area (Å²) in [5.41, 5.74) is 0. The third kappa shape index (κ3) is 17.9. The molecule has 0 aliphatic rings. The molecular formula is C7H18O2S2. The Morgan fingerprint density at radius 1 is 1.09 bits per heavy atom. The van der Waals surface area contributed by atoms with Gasteiger partial charge in [0.25, 0.3) is 0 Å². The Labute approximate surface area is 75.7 Å². The zero-order chi connectivity index (χ0) is 9.65. The summed E-state index contributed by atoms with van der Waals surface area (Å²) < 4.78 is 20.7. The first-order valence-electron chi connectivity index (χ1n) is 3.54. The molecule has 0 spiro atoms. The van der Waals surface area contributed by atoms with Crippen LogP contribution in [-0.4, -0.2) is 25.2 Å². The van der Waals surface area contributed by atoms with E-state index in [-0.39, 0.29) is 5.25 Å². The highest BCUT2D eigenvalue weighted by Gasteiger charge is 2.05. The Bertz CT molecular complexity index is 166. The fraction of sp³-hybridized carbons (Fsp3) is 1.00. The zero-order valence-electron chi connectivity index (χ0n) is 7.83. The number of sulfone groups is 1. The molecule has 0 aliphatic carbocycles. The van der Waals surface area contributed by atoms with E-state index in [2.05, 4.69) is 12.6 Å². The van der Waals surface area contributed by atoms with E-state index < -0.39 is 9.84 Å². The molecule has 0 heterocycles. The molecule has 0 saturated carbocycles. The van der Waals surface area contributed by atoms with Gasteiger partial charge in [0.15, 0.2) is 0 Å². The largest absolute Gasteiger partial charge is 0.229 e. The Kier molecular flexibility index (Phi) is 7.42. The lowest BCUT2D eigenvalue weighted by atomic mass is 10.6. The molecule has 0 N–H and O–H groups in total. The average molecular weight is 198 g/mol. The first kappa shape index (κ1) is 13.9. The summed E-state index contributed by atoms with van der Waals surface area (Å²) in [6.45, 7) is 7.39. The molecule has 0 saturated heterocycles. The summed E-state index contributed by atoms with van der Waals surface area (Å²) in [4.78, 5) is 0. The van der Waals surface area contributed by atoms with Crippen molar-refractivity contribution in [2.45, 2.75) is 38.2 Å². The van der Waals surface area contributed by atoms with E-state index in [4.69, 9.17) is 0 Å². The Hall–Kier alpha value is 0.300.